The first-order valence-electron chi connectivity index (χ1n) is 13.7. The van der Waals surface area contributed by atoms with Gasteiger partial charge in [0.25, 0.3) is 17.7 Å². The lowest BCUT2D eigenvalue weighted by molar-refractivity contribution is -0.154. The van der Waals surface area contributed by atoms with Crippen LogP contribution in [-0.2, 0) is 19.7 Å². The number of aryl methyl sites for hydroxylation is 1. The van der Waals surface area contributed by atoms with Gasteiger partial charge < -0.3 is 4.18 Å². The molecule has 3 amide bonds. The Morgan fingerprint density at radius 3 is 1.93 bits per heavy atom. The second-order valence-corrected chi connectivity index (χ2v) is 15.3. The van der Waals surface area contributed by atoms with E-state index in [-0.39, 0.29) is 43.3 Å². The minimum Gasteiger partial charge on any atom is -0.379 e. The number of nitrogens with zero attached hydrogens (tertiary/aromatic N) is 2. The molecule has 0 aromatic heterocycles. The molecule has 1 heterocycles. The molecule has 2 aliphatic carbocycles. The number of hydrogen-bond acceptors (Lipinski definition) is 7. The third-order valence-electron chi connectivity index (χ3n) is 8.52. The van der Waals surface area contributed by atoms with Crippen molar-refractivity contribution in [2.45, 2.75) is 27.9 Å². The topological polar surface area (TPSA) is 118 Å². The largest absolute Gasteiger partial charge is 0.379 e. The molecule has 3 aliphatic rings. The Morgan fingerprint density at radius 1 is 0.864 bits per heavy atom. The Morgan fingerprint density at radius 2 is 1.39 bits per heavy atom. The summed E-state index contributed by atoms with van der Waals surface area (Å²) in [5.74, 6) is -3.64. The van der Waals surface area contributed by atoms with Gasteiger partial charge in [0.1, 0.15) is 17.2 Å². The van der Waals surface area contributed by atoms with E-state index in [1.54, 1.807) is 12.1 Å². The molecule has 13 heteroatoms. The van der Waals surface area contributed by atoms with E-state index in [0.29, 0.717) is 11.4 Å². The van der Waals surface area contributed by atoms with Crippen LogP contribution in [0.4, 0.5) is 0 Å². The Hall–Kier alpha value is -3.06. The normalized spacial score (nSPS) is 25.7. The van der Waals surface area contributed by atoms with Crippen LogP contribution in [0.5, 0.6) is 5.75 Å². The van der Waals surface area contributed by atoms with Crippen molar-refractivity contribution in [1.82, 2.24) is 10.0 Å². The summed E-state index contributed by atoms with van der Waals surface area (Å²) in [6.07, 6.45) is 0.713. The molecule has 0 radical (unpaired) electrons. The minimum atomic E-state index is -4.11. The first-order chi connectivity index (χ1) is 20.9. The van der Waals surface area contributed by atoms with Crippen molar-refractivity contribution < 1.29 is 31.8 Å². The highest BCUT2D eigenvalue weighted by atomic mass is 79.9. The van der Waals surface area contributed by atoms with Crippen molar-refractivity contribution in [3.63, 3.8) is 0 Å². The Bertz CT molecular complexity index is 1740. The number of benzene rings is 3. The summed E-state index contributed by atoms with van der Waals surface area (Å²) in [7, 11) is -4.11. The van der Waals surface area contributed by atoms with Crippen molar-refractivity contribution >= 4 is 77.1 Å². The predicted molar refractivity (Wildman–Crippen MR) is 168 cm³/mol. The number of carbonyl (C=O) groups excluding carboxylic acids is 4. The van der Waals surface area contributed by atoms with Crippen LogP contribution in [0, 0.1) is 30.6 Å². The van der Waals surface area contributed by atoms with Gasteiger partial charge in [-0.2, -0.15) is 13.4 Å². The van der Waals surface area contributed by atoms with E-state index in [2.05, 4.69) is 31.9 Å². The van der Waals surface area contributed by atoms with E-state index in [9.17, 15) is 27.6 Å². The highest BCUT2D eigenvalue weighted by Crippen LogP contribution is 2.60. The molecule has 3 aromatic rings. The third-order valence-corrected chi connectivity index (χ3v) is 13.2. The van der Waals surface area contributed by atoms with Crippen LogP contribution in [0.1, 0.15) is 32.7 Å². The van der Waals surface area contributed by atoms with E-state index < -0.39 is 52.0 Å². The van der Waals surface area contributed by atoms with Crippen molar-refractivity contribution in [3.05, 3.63) is 94.5 Å². The first-order valence-corrected chi connectivity index (χ1v) is 17.4. The van der Waals surface area contributed by atoms with Crippen LogP contribution in [0.3, 0.4) is 0 Å². The summed E-state index contributed by atoms with van der Waals surface area (Å²) in [5, 5.41) is 2.15. The molecule has 3 aromatic carbocycles. The second-order valence-electron chi connectivity index (χ2n) is 11.2. The van der Waals surface area contributed by atoms with Crippen LogP contribution in [0.2, 0.25) is 5.02 Å². The maximum atomic E-state index is 13.8. The van der Waals surface area contributed by atoms with E-state index in [4.69, 9.17) is 15.8 Å². The van der Waals surface area contributed by atoms with Crippen molar-refractivity contribution in [1.29, 1.82) is 0 Å². The molecule has 0 N–H and O–H groups in total. The molecular formula is C31H25Br2ClN2O7S. The summed E-state index contributed by atoms with van der Waals surface area (Å²) in [4.78, 5) is 54.8. The van der Waals surface area contributed by atoms with Crippen LogP contribution in [-0.4, -0.2) is 58.1 Å². The van der Waals surface area contributed by atoms with E-state index in [1.807, 2.05) is 6.92 Å². The molecule has 228 valence electrons. The molecule has 2 bridgehead atoms. The smallest absolute Gasteiger partial charge is 0.339 e. The minimum absolute atomic E-state index is 0.00283. The number of hydrogen-bond donors (Lipinski definition) is 0. The van der Waals surface area contributed by atoms with Gasteiger partial charge in [-0.25, -0.2) is 5.01 Å². The zero-order chi connectivity index (χ0) is 31.5. The SMILES string of the molecule is Cc1ccc(S(=O)(=O)Oc2ccc(C(=O)CN(C(=O)c3ccc(Cl)cc3)N3C(=O)[C@@H]4[C@H]5C[C@@H]([C@H](Br)[C@@H]5Br)[C@@H]4C3=O)cc2)cc1. The maximum Gasteiger partial charge on any atom is 0.339 e. The van der Waals surface area contributed by atoms with Crippen LogP contribution < -0.4 is 4.18 Å². The number of alkyl halides is 2. The fraction of sp³-hybridized carbons (Fsp3) is 0.290. The van der Waals surface area contributed by atoms with Gasteiger partial charge in [-0.05, 0) is 85.8 Å². The van der Waals surface area contributed by atoms with Crippen molar-refractivity contribution in [3.8, 4) is 5.75 Å². The van der Waals surface area contributed by atoms with Gasteiger partial charge >= 0.3 is 10.1 Å². The average Bonchev–Trinajstić information content (AvgIpc) is 3.61. The molecule has 1 saturated heterocycles. The molecule has 0 unspecified atom stereocenters. The van der Waals surface area contributed by atoms with Gasteiger partial charge in [0.05, 0.1) is 11.8 Å². The fourth-order valence-corrected chi connectivity index (χ4v) is 9.28. The molecule has 6 atom stereocenters. The highest BCUT2D eigenvalue weighted by molar-refractivity contribution is 9.12. The van der Waals surface area contributed by atoms with Gasteiger partial charge in [0.15, 0.2) is 5.78 Å². The van der Waals surface area contributed by atoms with Gasteiger partial charge in [-0.15, -0.1) is 0 Å². The number of imide groups is 1. The first kappa shape index (κ1) is 30.9. The number of halogens is 3. The highest BCUT2D eigenvalue weighted by Gasteiger charge is 2.67. The standard InChI is InChI=1S/C31H25Br2ClN2O7S/c1-16-2-12-21(13-3-16)44(41,42)43-20-10-6-17(7-11-20)24(37)15-35(29(38)18-4-8-19(34)9-5-18)36-30(39)25-22-14-23(26(25)31(36)40)28(33)27(22)32/h2-13,22-23,25-28H,14-15H2,1H3/t22-,23-,25-,26+,27-,28+/m1/s1. The number of rotatable bonds is 8. The summed E-state index contributed by atoms with van der Waals surface area (Å²) in [6.45, 7) is 1.23. The molecule has 6 rings (SSSR count). The Balaban J connectivity index is 1.26. The summed E-state index contributed by atoms with van der Waals surface area (Å²) >= 11 is 13.3. The number of amides is 3. The molecular weight excluding hydrogens is 740 g/mol. The molecule has 9 nitrogen and oxygen atoms in total. The van der Waals surface area contributed by atoms with Crippen LogP contribution in [0.15, 0.2) is 77.7 Å². The lowest BCUT2D eigenvalue weighted by Crippen LogP contribution is -2.52. The van der Waals surface area contributed by atoms with Gasteiger partial charge in [-0.3, -0.25) is 19.2 Å². The summed E-state index contributed by atoms with van der Waals surface area (Å²) < 4.78 is 30.6. The van der Waals surface area contributed by atoms with Gasteiger partial charge in [0, 0.05) is 25.8 Å². The second kappa shape index (κ2) is 11.7. The van der Waals surface area contributed by atoms with Crippen LogP contribution >= 0.6 is 43.5 Å². The number of Topliss-reactive ketones (excluding diaryl/α,β-unsaturated/α-hetero) is 1. The number of ketones is 1. The number of hydrazine groups is 1. The van der Waals surface area contributed by atoms with Crippen molar-refractivity contribution in [2.24, 2.45) is 23.7 Å². The van der Waals surface area contributed by atoms with Gasteiger partial charge in [0.2, 0.25) is 0 Å². The quantitative estimate of drug-likeness (QED) is 0.130. The Labute approximate surface area is 275 Å². The summed E-state index contributed by atoms with van der Waals surface area (Å²) in [5.41, 5.74) is 1.16. The third kappa shape index (κ3) is 5.39. The van der Waals surface area contributed by atoms with E-state index >= 15 is 0 Å². The van der Waals surface area contributed by atoms with E-state index in [1.165, 1.54) is 60.7 Å². The van der Waals surface area contributed by atoms with Gasteiger partial charge in [-0.1, -0.05) is 61.2 Å². The van der Waals surface area contributed by atoms with E-state index in [0.717, 1.165) is 15.6 Å². The van der Waals surface area contributed by atoms with Crippen LogP contribution in [0.25, 0.3) is 0 Å². The molecule has 0 spiro atoms. The lowest BCUT2D eigenvalue weighted by atomic mass is 9.81. The Kier molecular flexibility index (Phi) is 8.23. The molecule has 1 aliphatic heterocycles. The van der Waals surface area contributed by atoms with Crippen molar-refractivity contribution in [2.75, 3.05) is 6.54 Å². The molecule has 3 fully saturated rings. The predicted octanol–water partition coefficient (Wildman–Crippen LogP) is 5.43. The zero-order valence-electron chi connectivity index (χ0n) is 23.1. The number of fused-ring (bicyclic) bond motifs is 5. The fourth-order valence-electron chi connectivity index (χ4n) is 6.35. The maximum absolute atomic E-state index is 13.8. The molecule has 2 saturated carbocycles. The number of carbonyl (C=O) groups is 4. The molecule has 44 heavy (non-hydrogen) atoms. The monoisotopic (exact) mass is 762 g/mol. The lowest BCUT2D eigenvalue weighted by Gasteiger charge is -2.31. The zero-order valence-corrected chi connectivity index (χ0v) is 27.8. The average molecular weight is 765 g/mol. The summed E-state index contributed by atoms with van der Waals surface area (Å²) in [6, 6.07) is 17.5.